The van der Waals surface area contributed by atoms with Crippen molar-refractivity contribution in [2.45, 2.75) is 24.2 Å². The highest BCUT2D eigenvalue weighted by atomic mass is 35.5. The summed E-state index contributed by atoms with van der Waals surface area (Å²) < 4.78 is 28.9. The van der Waals surface area contributed by atoms with Crippen LogP contribution in [0, 0.1) is 5.92 Å². The molecule has 1 saturated heterocycles. The highest BCUT2D eigenvalue weighted by molar-refractivity contribution is 7.90. The van der Waals surface area contributed by atoms with Gasteiger partial charge in [-0.1, -0.05) is 23.7 Å². The van der Waals surface area contributed by atoms with Gasteiger partial charge < -0.3 is 9.64 Å². The summed E-state index contributed by atoms with van der Waals surface area (Å²) in [5, 5.41) is 0.791. The Balaban J connectivity index is 1.47. The molecule has 6 heteroatoms. The van der Waals surface area contributed by atoms with Crippen LogP contribution in [0.25, 0.3) is 0 Å². The molecule has 0 radical (unpaired) electrons. The molecule has 1 aliphatic heterocycles. The van der Waals surface area contributed by atoms with Gasteiger partial charge in [-0.15, -0.1) is 0 Å². The van der Waals surface area contributed by atoms with Crippen LogP contribution in [0.3, 0.4) is 0 Å². The largest absolute Gasteiger partial charge is 0.493 e. The maximum absolute atomic E-state index is 11.5. The van der Waals surface area contributed by atoms with E-state index in [0.717, 1.165) is 43.2 Å². The van der Waals surface area contributed by atoms with Gasteiger partial charge in [-0.05, 0) is 67.8 Å². The molecule has 0 spiro atoms. The lowest BCUT2D eigenvalue weighted by molar-refractivity contribution is 0.131. The van der Waals surface area contributed by atoms with Crippen molar-refractivity contribution in [3.05, 3.63) is 59.1 Å². The zero-order valence-electron chi connectivity index (χ0n) is 15.6. The number of piperidine rings is 1. The molecule has 0 amide bonds. The zero-order chi connectivity index (χ0) is 19.3. The van der Waals surface area contributed by atoms with E-state index in [1.165, 1.54) is 18.2 Å². The molecule has 2 aromatic carbocycles. The topological polar surface area (TPSA) is 46.6 Å². The number of benzene rings is 2. The van der Waals surface area contributed by atoms with E-state index in [1.54, 1.807) is 24.3 Å². The fraction of sp³-hybridized carbons (Fsp3) is 0.429. The van der Waals surface area contributed by atoms with Crippen LogP contribution in [0.4, 0.5) is 0 Å². The molecule has 0 unspecified atom stereocenters. The van der Waals surface area contributed by atoms with Gasteiger partial charge in [0.15, 0.2) is 9.84 Å². The molecular formula is C21H26ClNO3S. The minimum atomic E-state index is -3.16. The lowest BCUT2D eigenvalue weighted by Crippen LogP contribution is -2.38. The first-order valence-corrected chi connectivity index (χ1v) is 11.6. The minimum Gasteiger partial charge on any atom is -0.493 e. The molecule has 1 atom stereocenters. The monoisotopic (exact) mass is 407 g/mol. The van der Waals surface area contributed by atoms with Crippen molar-refractivity contribution < 1.29 is 13.2 Å². The Hall–Kier alpha value is -1.56. The number of nitrogens with zero attached hydrogens (tertiary/aromatic N) is 1. The maximum Gasteiger partial charge on any atom is 0.175 e. The molecule has 4 nitrogen and oxygen atoms in total. The summed E-state index contributed by atoms with van der Waals surface area (Å²) in [6.07, 6.45) is 4.55. The summed E-state index contributed by atoms with van der Waals surface area (Å²) in [7, 11) is -3.16. The van der Waals surface area contributed by atoms with Crippen LogP contribution in [0.15, 0.2) is 53.4 Å². The van der Waals surface area contributed by atoms with Crippen molar-refractivity contribution in [2.75, 3.05) is 32.5 Å². The molecule has 0 N–H and O–H groups in total. The second-order valence-electron chi connectivity index (χ2n) is 7.24. The second kappa shape index (κ2) is 9.09. The molecule has 0 aliphatic carbocycles. The Labute approximate surface area is 167 Å². The van der Waals surface area contributed by atoms with Crippen molar-refractivity contribution in [1.29, 1.82) is 0 Å². The molecule has 0 saturated carbocycles. The molecular weight excluding hydrogens is 382 g/mol. The molecule has 3 rings (SSSR count). The van der Waals surface area contributed by atoms with E-state index in [1.807, 2.05) is 18.2 Å². The fourth-order valence-corrected chi connectivity index (χ4v) is 4.31. The van der Waals surface area contributed by atoms with Crippen LogP contribution in [-0.4, -0.2) is 45.8 Å². The quantitative estimate of drug-likeness (QED) is 0.693. The van der Waals surface area contributed by atoms with E-state index in [0.29, 0.717) is 17.4 Å². The van der Waals surface area contributed by atoms with E-state index in [-0.39, 0.29) is 0 Å². The first-order valence-electron chi connectivity index (χ1n) is 9.30. The molecule has 27 heavy (non-hydrogen) atoms. The predicted octanol–water partition coefficient (Wildman–Crippen LogP) is 4.08. The third kappa shape index (κ3) is 6.23. The fourth-order valence-electron chi connectivity index (χ4n) is 3.47. The molecule has 146 valence electrons. The zero-order valence-corrected chi connectivity index (χ0v) is 17.2. The molecule has 1 heterocycles. The Bertz CT molecular complexity index is 852. The van der Waals surface area contributed by atoms with E-state index in [4.69, 9.17) is 16.3 Å². The molecule has 1 fully saturated rings. The summed E-state index contributed by atoms with van der Waals surface area (Å²) in [5.41, 5.74) is 1.27. The molecule has 2 aromatic rings. The van der Waals surface area contributed by atoms with Crippen LogP contribution in [0.1, 0.15) is 18.4 Å². The van der Waals surface area contributed by atoms with Gasteiger partial charge in [0.25, 0.3) is 0 Å². The summed E-state index contributed by atoms with van der Waals surface area (Å²) in [5.74, 6) is 1.21. The van der Waals surface area contributed by atoms with Gasteiger partial charge in [0.2, 0.25) is 0 Å². The number of ether oxygens (including phenoxy) is 1. The third-order valence-electron chi connectivity index (χ3n) is 4.95. The van der Waals surface area contributed by atoms with Crippen molar-refractivity contribution in [3.63, 3.8) is 0 Å². The van der Waals surface area contributed by atoms with Crippen molar-refractivity contribution in [2.24, 2.45) is 5.92 Å². The molecule has 0 bridgehead atoms. The van der Waals surface area contributed by atoms with Gasteiger partial charge >= 0.3 is 0 Å². The first kappa shape index (κ1) is 20.2. The van der Waals surface area contributed by atoms with E-state index >= 15 is 0 Å². The highest BCUT2D eigenvalue weighted by Crippen LogP contribution is 2.21. The molecule has 1 aliphatic rings. The average Bonchev–Trinajstić information content (AvgIpc) is 2.65. The Morgan fingerprint density at radius 1 is 1.19 bits per heavy atom. The van der Waals surface area contributed by atoms with E-state index < -0.39 is 9.84 Å². The van der Waals surface area contributed by atoms with Gasteiger partial charge in [-0.25, -0.2) is 8.42 Å². The van der Waals surface area contributed by atoms with Crippen LogP contribution >= 0.6 is 11.6 Å². The maximum atomic E-state index is 11.5. The Morgan fingerprint density at radius 2 is 1.96 bits per heavy atom. The van der Waals surface area contributed by atoms with Gasteiger partial charge in [0.1, 0.15) is 5.75 Å². The lowest BCUT2D eigenvalue weighted by Gasteiger charge is -2.32. The predicted molar refractivity (Wildman–Crippen MR) is 109 cm³/mol. The number of rotatable bonds is 7. The number of hydrogen-bond donors (Lipinski definition) is 0. The SMILES string of the molecule is CS(=O)(=O)c1ccc(OC[C@H]2CCCN(CCc3cccc(Cl)c3)C2)cc1. The second-order valence-corrected chi connectivity index (χ2v) is 9.70. The van der Waals surface area contributed by atoms with Gasteiger partial charge in [0, 0.05) is 30.3 Å². The summed E-state index contributed by atoms with van der Waals surface area (Å²) in [4.78, 5) is 2.81. The van der Waals surface area contributed by atoms with Crippen molar-refractivity contribution >= 4 is 21.4 Å². The molecule has 0 aromatic heterocycles. The first-order chi connectivity index (χ1) is 12.9. The van der Waals surface area contributed by atoms with Crippen molar-refractivity contribution in [3.8, 4) is 5.75 Å². The van der Waals surface area contributed by atoms with Gasteiger partial charge in [-0.2, -0.15) is 0 Å². The summed E-state index contributed by atoms with van der Waals surface area (Å²) in [6.45, 7) is 3.84. The normalized spacial score (nSPS) is 18.4. The van der Waals surface area contributed by atoms with Crippen LogP contribution in [0.2, 0.25) is 5.02 Å². The standard InChI is InChI=1S/C21H26ClNO3S/c1-27(24,25)21-9-7-20(8-10-21)26-16-18-5-3-12-23(15-18)13-11-17-4-2-6-19(22)14-17/h2,4,6-10,14,18H,3,5,11-13,15-16H2,1H3/t18-/m0/s1. The number of halogens is 1. The number of sulfone groups is 1. The van der Waals surface area contributed by atoms with Crippen LogP contribution in [0.5, 0.6) is 5.75 Å². The number of likely N-dealkylation sites (tertiary alicyclic amines) is 1. The van der Waals surface area contributed by atoms with Crippen LogP contribution < -0.4 is 4.74 Å². The lowest BCUT2D eigenvalue weighted by atomic mass is 9.98. The van der Waals surface area contributed by atoms with Gasteiger partial charge in [-0.3, -0.25) is 0 Å². The van der Waals surface area contributed by atoms with Crippen molar-refractivity contribution in [1.82, 2.24) is 4.90 Å². The van der Waals surface area contributed by atoms with Crippen LogP contribution in [-0.2, 0) is 16.3 Å². The number of hydrogen-bond acceptors (Lipinski definition) is 4. The highest BCUT2D eigenvalue weighted by Gasteiger charge is 2.20. The van der Waals surface area contributed by atoms with E-state index in [2.05, 4.69) is 11.0 Å². The summed E-state index contributed by atoms with van der Waals surface area (Å²) >= 11 is 6.06. The smallest absolute Gasteiger partial charge is 0.175 e. The third-order valence-corrected chi connectivity index (χ3v) is 6.31. The Kier molecular flexibility index (Phi) is 6.79. The van der Waals surface area contributed by atoms with Gasteiger partial charge in [0.05, 0.1) is 11.5 Å². The summed E-state index contributed by atoms with van der Waals surface area (Å²) in [6, 6.07) is 14.7. The minimum absolute atomic E-state index is 0.319. The Morgan fingerprint density at radius 3 is 2.67 bits per heavy atom. The van der Waals surface area contributed by atoms with E-state index in [9.17, 15) is 8.42 Å². The average molecular weight is 408 g/mol.